The monoisotopic (exact) mass is 255 g/mol. The molecular weight excluding hydrogens is 242 g/mol. The molecule has 1 amide bonds. The minimum absolute atomic E-state index is 0.0536. The van der Waals surface area contributed by atoms with E-state index in [9.17, 15) is 14.9 Å². The molecule has 3 N–H and O–H groups in total. The maximum atomic E-state index is 11.2. The zero-order valence-electron chi connectivity index (χ0n) is 9.25. The number of carbonyl (C=O) groups excluding carboxylic acids is 1. The molecule has 1 aromatic rings. The molecule has 0 aliphatic carbocycles. The van der Waals surface area contributed by atoms with Gasteiger partial charge in [-0.25, -0.2) is 5.84 Å². The second kappa shape index (κ2) is 6.21. The second-order valence-electron chi connectivity index (χ2n) is 3.45. The maximum absolute atomic E-state index is 11.2. The van der Waals surface area contributed by atoms with E-state index in [1.807, 2.05) is 0 Å². The van der Waals surface area contributed by atoms with Gasteiger partial charge in [0.15, 0.2) is 0 Å². The van der Waals surface area contributed by atoms with Crippen LogP contribution in [0, 0.1) is 16.0 Å². The van der Waals surface area contributed by atoms with Gasteiger partial charge in [0.2, 0.25) is 5.91 Å². The highest BCUT2D eigenvalue weighted by atomic mass is 32.2. The van der Waals surface area contributed by atoms with Crippen LogP contribution in [0.15, 0.2) is 29.2 Å². The average molecular weight is 255 g/mol. The number of nitro groups is 1. The van der Waals surface area contributed by atoms with Crippen LogP contribution in [-0.4, -0.2) is 16.6 Å². The Labute approximate surface area is 103 Å². The number of nitrogens with zero attached hydrogens (tertiary/aromatic N) is 1. The molecule has 1 unspecified atom stereocenters. The van der Waals surface area contributed by atoms with Gasteiger partial charge in [-0.3, -0.25) is 20.3 Å². The van der Waals surface area contributed by atoms with Crippen molar-refractivity contribution in [3.05, 3.63) is 34.4 Å². The van der Waals surface area contributed by atoms with Crippen LogP contribution in [0.4, 0.5) is 5.69 Å². The Hall–Kier alpha value is -1.60. The van der Waals surface area contributed by atoms with E-state index >= 15 is 0 Å². The third-order valence-electron chi connectivity index (χ3n) is 2.14. The Bertz CT molecular complexity index is 425. The van der Waals surface area contributed by atoms with E-state index in [0.717, 1.165) is 0 Å². The summed E-state index contributed by atoms with van der Waals surface area (Å²) in [4.78, 5) is 22.0. The summed E-state index contributed by atoms with van der Waals surface area (Å²) in [5.74, 6) is 4.86. The number of carbonyl (C=O) groups is 1. The number of hydrogen-bond acceptors (Lipinski definition) is 5. The van der Waals surface area contributed by atoms with E-state index < -0.39 is 4.92 Å². The summed E-state index contributed by atoms with van der Waals surface area (Å²) in [6.45, 7) is 1.71. The van der Waals surface area contributed by atoms with Gasteiger partial charge in [-0.15, -0.1) is 11.8 Å². The molecule has 0 aliphatic heterocycles. The Morgan fingerprint density at radius 2 is 2.24 bits per heavy atom. The van der Waals surface area contributed by atoms with Gasteiger partial charge in [0.05, 0.1) is 9.82 Å². The number of hydrazine groups is 1. The van der Waals surface area contributed by atoms with Crippen molar-refractivity contribution in [2.24, 2.45) is 11.8 Å². The summed E-state index contributed by atoms with van der Waals surface area (Å²) in [5, 5.41) is 10.7. The highest BCUT2D eigenvalue weighted by Gasteiger charge is 2.16. The Kier molecular flexibility index (Phi) is 4.92. The van der Waals surface area contributed by atoms with Crippen LogP contribution < -0.4 is 11.3 Å². The first-order valence-corrected chi connectivity index (χ1v) is 5.91. The molecule has 7 heteroatoms. The second-order valence-corrected chi connectivity index (χ2v) is 4.51. The van der Waals surface area contributed by atoms with Gasteiger partial charge in [-0.05, 0) is 6.07 Å². The highest BCUT2D eigenvalue weighted by molar-refractivity contribution is 7.99. The van der Waals surface area contributed by atoms with E-state index in [2.05, 4.69) is 5.43 Å². The fraction of sp³-hybridized carbons (Fsp3) is 0.300. The predicted octanol–water partition coefficient (Wildman–Crippen LogP) is 1.31. The van der Waals surface area contributed by atoms with Gasteiger partial charge < -0.3 is 0 Å². The highest BCUT2D eigenvalue weighted by Crippen LogP contribution is 2.29. The topological polar surface area (TPSA) is 98.3 Å². The summed E-state index contributed by atoms with van der Waals surface area (Å²) in [5.41, 5.74) is 2.11. The van der Waals surface area contributed by atoms with Crippen molar-refractivity contribution in [2.75, 3.05) is 5.75 Å². The Morgan fingerprint density at radius 1 is 1.59 bits per heavy atom. The average Bonchev–Trinajstić information content (AvgIpc) is 2.35. The molecule has 0 saturated heterocycles. The van der Waals surface area contributed by atoms with E-state index in [1.54, 1.807) is 25.1 Å². The van der Waals surface area contributed by atoms with E-state index in [4.69, 9.17) is 5.84 Å². The molecule has 1 rings (SSSR count). The zero-order chi connectivity index (χ0) is 12.8. The minimum atomic E-state index is -0.435. The van der Waals surface area contributed by atoms with Gasteiger partial charge in [0.1, 0.15) is 0 Å². The number of thioether (sulfide) groups is 1. The SMILES string of the molecule is CC(CSc1ccccc1[N+](=O)[O-])C(=O)NN. The number of benzene rings is 1. The molecular formula is C10H13N3O3S. The third-order valence-corrected chi connectivity index (χ3v) is 3.46. The fourth-order valence-corrected chi connectivity index (χ4v) is 2.21. The summed E-state index contributed by atoms with van der Waals surface area (Å²) in [7, 11) is 0. The lowest BCUT2D eigenvalue weighted by Crippen LogP contribution is -2.35. The summed E-state index contributed by atoms with van der Waals surface area (Å²) >= 11 is 1.27. The van der Waals surface area contributed by atoms with Crippen LogP contribution in [-0.2, 0) is 4.79 Å². The van der Waals surface area contributed by atoms with Crippen LogP contribution in [0.25, 0.3) is 0 Å². The van der Waals surface area contributed by atoms with Gasteiger partial charge in [-0.1, -0.05) is 19.1 Å². The third kappa shape index (κ3) is 3.72. The molecule has 0 heterocycles. The molecule has 0 bridgehead atoms. The quantitative estimate of drug-likeness (QED) is 0.272. The van der Waals surface area contributed by atoms with Crippen molar-refractivity contribution < 1.29 is 9.72 Å². The van der Waals surface area contributed by atoms with Crippen LogP contribution in [0.2, 0.25) is 0 Å². The molecule has 17 heavy (non-hydrogen) atoms. The van der Waals surface area contributed by atoms with Crippen LogP contribution in [0.1, 0.15) is 6.92 Å². The van der Waals surface area contributed by atoms with Crippen LogP contribution in [0.3, 0.4) is 0 Å². The molecule has 1 aromatic carbocycles. The number of nitro benzene ring substituents is 1. The zero-order valence-corrected chi connectivity index (χ0v) is 10.1. The van der Waals surface area contributed by atoms with Crippen molar-refractivity contribution in [1.29, 1.82) is 0 Å². The van der Waals surface area contributed by atoms with Gasteiger partial charge in [-0.2, -0.15) is 0 Å². The normalized spacial score (nSPS) is 11.9. The first-order chi connectivity index (χ1) is 8.06. The van der Waals surface area contributed by atoms with Crippen molar-refractivity contribution in [3.63, 3.8) is 0 Å². The number of rotatable bonds is 5. The van der Waals surface area contributed by atoms with E-state index in [-0.39, 0.29) is 17.5 Å². The van der Waals surface area contributed by atoms with E-state index in [0.29, 0.717) is 10.6 Å². The fourth-order valence-electron chi connectivity index (χ4n) is 1.16. The van der Waals surface area contributed by atoms with Crippen molar-refractivity contribution in [3.8, 4) is 0 Å². The standard InChI is InChI=1S/C10H13N3O3S/c1-7(10(14)12-11)6-17-9-5-3-2-4-8(9)13(15)16/h2-5,7H,6,11H2,1H3,(H,12,14). The summed E-state index contributed by atoms with van der Waals surface area (Å²) < 4.78 is 0. The largest absolute Gasteiger partial charge is 0.294 e. The van der Waals surface area contributed by atoms with Gasteiger partial charge >= 0.3 is 0 Å². The molecule has 0 fully saturated rings. The van der Waals surface area contributed by atoms with Gasteiger partial charge in [0.25, 0.3) is 5.69 Å². The molecule has 1 atom stereocenters. The smallest absolute Gasteiger partial charge is 0.282 e. The number of para-hydroxylation sites is 1. The number of amides is 1. The lowest BCUT2D eigenvalue weighted by molar-refractivity contribution is -0.387. The molecule has 0 aliphatic rings. The number of hydrogen-bond donors (Lipinski definition) is 2. The molecule has 6 nitrogen and oxygen atoms in total. The van der Waals surface area contributed by atoms with Crippen molar-refractivity contribution in [1.82, 2.24) is 5.43 Å². The predicted molar refractivity (Wildman–Crippen MR) is 65.3 cm³/mol. The van der Waals surface area contributed by atoms with Crippen molar-refractivity contribution >= 4 is 23.4 Å². The molecule has 0 radical (unpaired) electrons. The number of nitrogens with two attached hydrogens (primary N) is 1. The Balaban J connectivity index is 2.69. The summed E-state index contributed by atoms with van der Waals surface area (Å²) in [6.07, 6.45) is 0. The first-order valence-electron chi connectivity index (χ1n) is 4.93. The molecule has 0 aromatic heterocycles. The first kappa shape index (κ1) is 13.5. The minimum Gasteiger partial charge on any atom is -0.294 e. The summed E-state index contributed by atoms with van der Waals surface area (Å²) in [6, 6.07) is 6.44. The van der Waals surface area contributed by atoms with Gasteiger partial charge in [0, 0.05) is 17.7 Å². The number of nitrogens with one attached hydrogen (secondary N) is 1. The molecule has 0 saturated carbocycles. The van der Waals surface area contributed by atoms with Crippen LogP contribution >= 0.6 is 11.8 Å². The molecule has 92 valence electrons. The molecule has 0 spiro atoms. The van der Waals surface area contributed by atoms with Crippen molar-refractivity contribution in [2.45, 2.75) is 11.8 Å². The lowest BCUT2D eigenvalue weighted by Gasteiger charge is -2.08. The lowest BCUT2D eigenvalue weighted by atomic mass is 10.2. The van der Waals surface area contributed by atoms with E-state index in [1.165, 1.54) is 17.8 Å². The Morgan fingerprint density at radius 3 is 2.82 bits per heavy atom. The maximum Gasteiger partial charge on any atom is 0.282 e. The van der Waals surface area contributed by atoms with Crippen LogP contribution in [0.5, 0.6) is 0 Å².